The van der Waals surface area contributed by atoms with E-state index < -0.39 is 0 Å². The van der Waals surface area contributed by atoms with E-state index in [0.717, 1.165) is 11.1 Å². The molecule has 3 aromatic carbocycles. The van der Waals surface area contributed by atoms with Gasteiger partial charge in [-0.25, -0.2) is 0 Å². The van der Waals surface area contributed by atoms with Gasteiger partial charge in [0.2, 0.25) is 0 Å². The molecule has 3 aliphatic carbocycles. The Balaban J connectivity index is 1.84. The highest BCUT2D eigenvalue weighted by molar-refractivity contribution is 5.73. The van der Waals surface area contributed by atoms with Crippen LogP contribution in [-0.4, -0.2) is 10.2 Å². The first-order valence-corrected chi connectivity index (χ1v) is 10.8. The van der Waals surface area contributed by atoms with Crippen LogP contribution >= 0.6 is 0 Å². The average molecular weight is 399 g/mol. The minimum absolute atomic E-state index is 0.0499. The Hall–Kier alpha value is -2.74. The van der Waals surface area contributed by atoms with Crippen molar-refractivity contribution in [2.45, 2.75) is 64.2 Å². The smallest absolute Gasteiger partial charge is 0.120 e. The number of hydrogen-bond donors (Lipinski definition) is 2. The molecule has 0 radical (unpaired) electrons. The van der Waals surface area contributed by atoms with Gasteiger partial charge in [-0.2, -0.15) is 0 Å². The molecule has 0 aromatic heterocycles. The summed E-state index contributed by atoms with van der Waals surface area (Å²) in [4.78, 5) is 0. The van der Waals surface area contributed by atoms with Crippen LogP contribution in [0.4, 0.5) is 0 Å². The molecule has 154 valence electrons. The average Bonchev–Trinajstić information content (AvgIpc) is 2.68. The van der Waals surface area contributed by atoms with Gasteiger partial charge in [0.15, 0.2) is 0 Å². The lowest BCUT2D eigenvalue weighted by molar-refractivity contribution is 0.440. The molecule has 0 fully saturated rings. The third-order valence-corrected chi connectivity index (χ3v) is 6.97. The molecule has 3 aromatic rings. The van der Waals surface area contributed by atoms with Crippen LogP contribution in [0.25, 0.3) is 0 Å². The van der Waals surface area contributed by atoms with Gasteiger partial charge in [0, 0.05) is 23.0 Å². The fraction of sp³-hybridized carbons (Fsp3) is 0.357. The van der Waals surface area contributed by atoms with E-state index in [2.05, 4.69) is 77.9 Å². The zero-order chi connectivity index (χ0) is 21.6. The SMILES string of the molecule is CC(C)(C)c1ccc2c(c1)C1c3ccc(C(C)(C)C)cc3C2c2c(O)ccc(O)c21. The van der Waals surface area contributed by atoms with E-state index >= 15 is 0 Å². The van der Waals surface area contributed by atoms with Crippen LogP contribution in [0.5, 0.6) is 11.5 Å². The molecule has 6 rings (SSSR count). The van der Waals surface area contributed by atoms with Crippen LogP contribution in [0.2, 0.25) is 0 Å². The minimum atomic E-state index is -0.0570. The maximum absolute atomic E-state index is 10.9. The molecule has 0 aliphatic heterocycles. The van der Waals surface area contributed by atoms with Crippen molar-refractivity contribution in [2.75, 3.05) is 0 Å². The highest BCUT2D eigenvalue weighted by Crippen LogP contribution is 2.60. The normalized spacial score (nSPS) is 19.3. The molecule has 2 atom stereocenters. The third kappa shape index (κ3) is 2.56. The largest absolute Gasteiger partial charge is 0.508 e. The molecule has 0 heterocycles. The number of phenolic OH excluding ortho intramolecular Hbond substituents is 2. The van der Waals surface area contributed by atoms with Crippen molar-refractivity contribution in [3.8, 4) is 11.5 Å². The molecule has 2 bridgehead atoms. The molecule has 2 heteroatoms. The van der Waals surface area contributed by atoms with Gasteiger partial charge in [-0.3, -0.25) is 0 Å². The van der Waals surface area contributed by atoms with Gasteiger partial charge in [-0.15, -0.1) is 0 Å². The molecule has 2 N–H and O–H groups in total. The van der Waals surface area contributed by atoms with E-state index in [1.54, 1.807) is 12.1 Å². The Morgan fingerprint density at radius 3 is 1.23 bits per heavy atom. The van der Waals surface area contributed by atoms with Crippen LogP contribution in [0.15, 0.2) is 48.5 Å². The van der Waals surface area contributed by atoms with Crippen LogP contribution in [0.1, 0.15) is 97.9 Å². The summed E-state index contributed by atoms with van der Waals surface area (Å²) in [6, 6.07) is 16.8. The standard InChI is InChI=1S/C28H30O2/c1-27(2,3)15-7-9-17-19(13-15)23-18-10-8-16(28(4,5)6)14-20(18)24(17)26-22(30)12-11-21(29)25(23)26/h7-14,23-24,29-30H,1-6H3. The summed E-state index contributed by atoms with van der Waals surface area (Å²) >= 11 is 0. The lowest BCUT2D eigenvalue weighted by Gasteiger charge is -2.43. The van der Waals surface area contributed by atoms with Gasteiger partial charge in [0.25, 0.3) is 0 Å². The van der Waals surface area contributed by atoms with E-state index in [9.17, 15) is 10.2 Å². The van der Waals surface area contributed by atoms with Gasteiger partial charge in [0.1, 0.15) is 11.5 Å². The number of rotatable bonds is 0. The van der Waals surface area contributed by atoms with Crippen molar-refractivity contribution in [2.24, 2.45) is 0 Å². The van der Waals surface area contributed by atoms with Crippen LogP contribution in [-0.2, 0) is 10.8 Å². The predicted molar refractivity (Wildman–Crippen MR) is 122 cm³/mol. The molecular formula is C28H30O2. The predicted octanol–water partition coefficient (Wildman–Crippen LogP) is 6.68. The van der Waals surface area contributed by atoms with Crippen molar-refractivity contribution < 1.29 is 10.2 Å². The molecule has 0 spiro atoms. The van der Waals surface area contributed by atoms with Crippen molar-refractivity contribution in [3.63, 3.8) is 0 Å². The molecule has 3 aliphatic rings. The number of phenols is 2. The molecule has 0 saturated heterocycles. The second-order valence-corrected chi connectivity index (χ2v) is 11.0. The van der Waals surface area contributed by atoms with Gasteiger partial charge in [-0.05, 0) is 56.3 Å². The highest BCUT2D eigenvalue weighted by Gasteiger charge is 2.45. The van der Waals surface area contributed by atoms with Crippen LogP contribution < -0.4 is 0 Å². The van der Waals surface area contributed by atoms with Gasteiger partial charge in [-0.1, -0.05) is 77.9 Å². The Bertz CT molecular complexity index is 1090. The van der Waals surface area contributed by atoms with Crippen LogP contribution in [0, 0.1) is 0 Å². The molecular weight excluding hydrogens is 368 g/mol. The summed E-state index contributed by atoms with van der Waals surface area (Å²) < 4.78 is 0. The first kappa shape index (κ1) is 19.2. The zero-order valence-electron chi connectivity index (χ0n) is 18.7. The lowest BCUT2D eigenvalue weighted by atomic mass is 9.59. The first-order chi connectivity index (χ1) is 14.0. The Morgan fingerprint density at radius 2 is 0.900 bits per heavy atom. The van der Waals surface area contributed by atoms with E-state index in [1.165, 1.54) is 33.4 Å². The van der Waals surface area contributed by atoms with Crippen molar-refractivity contribution in [1.29, 1.82) is 0 Å². The Kier molecular flexibility index (Phi) is 3.79. The van der Waals surface area contributed by atoms with Crippen molar-refractivity contribution in [1.82, 2.24) is 0 Å². The summed E-state index contributed by atoms with van der Waals surface area (Å²) in [6.45, 7) is 13.4. The summed E-state index contributed by atoms with van der Waals surface area (Å²) in [7, 11) is 0. The van der Waals surface area contributed by atoms with Crippen LogP contribution in [0.3, 0.4) is 0 Å². The monoisotopic (exact) mass is 398 g/mol. The first-order valence-electron chi connectivity index (χ1n) is 10.8. The summed E-state index contributed by atoms with van der Waals surface area (Å²) in [6.07, 6.45) is 0. The molecule has 30 heavy (non-hydrogen) atoms. The fourth-order valence-corrected chi connectivity index (χ4v) is 5.29. The zero-order valence-corrected chi connectivity index (χ0v) is 18.7. The Morgan fingerprint density at radius 1 is 0.533 bits per heavy atom. The van der Waals surface area contributed by atoms with E-state index in [-0.39, 0.29) is 34.2 Å². The van der Waals surface area contributed by atoms with Gasteiger partial charge in [0.05, 0.1) is 0 Å². The minimum Gasteiger partial charge on any atom is -0.508 e. The molecule has 2 nitrogen and oxygen atoms in total. The lowest BCUT2D eigenvalue weighted by Crippen LogP contribution is -2.29. The molecule has 0 amide bonds. The maximum Gasteiger partial charge on any atom is 0.120 e. The van der Waals surface area contributed by atoms with Gasteiger partial charge < -0.3 is 10.2 Å². The van der Waals surface area contributed by atoms with E-state index in [0.29, 0.717) is 0 Å². The topological polar surface area (TPSA) is 40.5 Å². The van der Waals surface area contributed by atoms with Crippen molar-refractivity contribution >= 4 is 0 Å². The number of benzene rings is 3. The summed E-state index contributed by atoms with van der Waals surface area (Å²) in [5.41, 5.74) is 9.45. The number of hydrogen-bond acceptors (Lipinski definition) is 2. The summed E-state index contributed by atoms with van der Waals surface area (Å²) in [5, 5.41) is 21.7. The van der Waals surface area contributed by atoms with Gasteiger partial charge >= 0.3 is 0 Å². The molecule has 2 unspecified atom stereocenters. The van der Waals surface area contributed by atoms with E-state index in [4.69, 9.17) is 0 Å². The summed E-state index contributed by atoms with van der Waals surface area (Å²) in [5.74, 6) is 0.433. The number of aromatic hydroxyl groups is 2. The van der Waals surface area contributed by atoms with E-state index in [1.807, 2.05) is 0 Å². The third-order valence-electron chi connectivity index (χ3n) is 6.97. The second kappa shape index (κ2) is 5.91. The quantitative estimate of drug-likeness (QED) is 0.286. The Labute approximate surface area is 179 Å². The second-order valence-electron chi connectivity index (χ2n) is 11.0. The highest BCUT2D eigenvalue weighted by atomic mass is 16.3. The fourth-order valence-electron chi connectivity index (χ4n) is 5.29. The molecule has 0 saturated carbocycles. The maximum atomic E-state index is 10.9. The van der Waals surface area contributed by atoms with Crippen molar-refractivity contribution in [3.05, 3.63) is 93.0 Å².